The van der Waals surface area contributed by atoms with E-state index in [1.807, 2.05) is 12.1 Å². The molecule has 1 aliphatic rings. The Bertz CT molecular complexity index is 348. The summed E-state index contributed by atoms with van der Waals surface area (Å²) < 4.78 is 5.39. The van der Waals surface area contributed by atoms with Gasteiger partial charge in [0.2, 0.25) is 0 Å². The standard InChI is InChI=1S/C14H22N2O/c1-16(10-13-6-8-17-11-13)7-5-12-3-2-4-14(15)9-12/h2-4,9,13H,5-8,10-11,15H2,1H3. The van der Waals surface area contributed by atoms with Crippen molar-refractivity contribution in [1.82, 2.24) is 4.90 Å². The number of nitrogen functional groups attached to an aromatic ring is 1. The van der Waals surface area contributed by atoms with Gasteiger partial charge >= 0.3 is 0 Å². The highest BCUT2D eigenvalue weighted by atomic mass is 16.5. The number of rotatable bonds is 5. The number of benzene rings is 1. The number of hydrogen-bond acceptors (Lipinski definition) is 3. The van der Waals surface area contributed by atoms with Gasteiger partial charge < -0.3 is 15.4 Å². The molecule has 0 aliphatic carbocycles. The van der Waals surface area contributed by atoms with Crippen molar-refractivity contribution in [3.8, 4) is 0 Å². The summed E-state index contributed by atoms with van der Waals surface area (Å²) in [6.45, 7) is 4.10. The van der Waals surface area contributed by atoms with Gasteiger partial charge in [0.15, 0.2) is 0 Å². The Kier molecular flexibility index (Phi) is 4.40. The molecule has 1 heterocycles. The zero-order valence-electron chi connectivity index (χ0n) is 10.6. The lowest BCUT2D eigenvalue weighted by molar-refractivity contribution is 0.174. The number of ether oxygens (including phenoxy) is 1. The zero-order chi connectivity index (χ0) is 12.1. The van der Waals surface area contributed by atoms with E-state index in [1.54, 1.807) is 0 Å². The average Bonchev–Trinajstić information content (AvgIpc) is 2.79. The highest BCUT2D eigenvalue weighted by Crippen LogP contribution is 2.14. The fourth-order valence-electron chi connectivity index (χ4n) is 2.33. The van der Waals surface area contributed by atoms with Crippen LogP contribution in [0.3, 0.4) is 0 Å². The van der Waals surface area contributed by atoms with E-state index in [0.29, 0.717) is 0 Å². The normalized spacial score (nSPS) is 20.0. The van der Waals surface area contributed by atoms with Crippen LogP contribution in [-0.4, -0.2) is 38.3 Å². The fourth-order valence-corrected chi connectivity index (χ4v) is 2.33. The molecule has 2 rings (SSSR count). The van der Waals surface area contributed by atoms with Crippen LogP contribution in [0.5, 0.6) is 0 Å². The number of likely N-dealkylation sites (N-methyl/N-ethyl adjacent to an activating group) is 1. The van der Waals surface area contributed by atoms with Crippen LogP contribution in [0.15, 0.2) is 24.3 Å². The van der Waals surface area contributed by atoms with Crippen LogP contribution in [0, 0.1) is 5.92 Å². The van der Waals surface area contributed by atoms with Crippen LogP contribution >= 0.6 is 0 Å². The van der Waals surface area contributed by atoms with E-state index in [-0.39, 0.29) is 0 Å². The molecule has 3 nitrogen and oxygen atoms in total. The molecule has 2 N–H and O–H groups in total. The van der Waals surface area contributed by atoms with Gasteiger partial charge in [-0.1, -0.05) is 12.1 Å². The Hall–Kier alpha value is -1.06. The summed E-state index contributed by atoms with van der Waals surface area (Å²) in [6, 6.07) is 8.16. The second-order valence-corrected chi connectivity index (χ2v) is 4.99. The maximum atomic E-state index is 5.77. The lowest BCUT2D eigenvalue weighted by Gasteiger charge is -2.19. The Morgan fingerprint density at radius 2 is 2.35 bits per heavy atom. The van der Waals surface area contributed by atoms with Crippen molar-refractivity contribution in [2.24, 2.45) is 5.92 Å². The highest BCUT2D eigenvalue weighted by molar-refractivity contribution is 5.40. The number of hydrogen-bond donors (Lipinski definition) is 1. The maximum absolute atomic E-state index is 5.77. The number of anilines is 1. The van der Waals surface area contributed by atoms with E-state index < -0.39 is 0 Å². The second-order valence-electron chi connectivity index (χ2n) is 4.99. The molecule has 1 aliphatic heterocycles. The first-order valence-electron chi connectivity index (χ1n) is 6.35. The van der Waals surface area contributed by atoms with Gasteiger partial charge in [-0.25, -0.2) is 0 Å². The number of nitrogens with zero attached hydrogens (tertiary/aromatic N) is 1. The third-order valence-electron chi connectivity index (χ3n) is 3.33. The predicted octanol–water partition coefficient (Wildman–Crippen LogP) is 1.78. The molecule has 0 saturated carbocycles. The molecule has 1 saturated heterocycles. The van der Waals surface area contributed by atoms with Crippen molar-refractivity contribution >= 4 is 5.69 Å². The van der Waals surface area contributed by atoms with Gasteiger partial charge in [0.05, 0.1) is 6.61 Å². The third kappa shape index (κ3) is 4.02. The molecule has 1 aromatic rings. The SMILES string of the molecule is CN(CCc1cccc(N)c1)CC1CCOC1. The van der Waals surface area contributed by atoms with Crippen LogP contribution in [0.2, 0.25) is 0 Å². The van der Waals surface area contributed by atoms with Crippen molar-refractivity contribution in [3.05, 3.63) is 29.8 Å². The van der Waals surface area contributed by atoms with E-state index in [2.05, 4.69) is 24.1 Å². The molecule has 17 heavy (non-hydrogen) atoms. The molecule has 0 bridgehead atoms. The van der Waals surface area contributed by atoms with Crippen molar-refractivity contribution in [1.29, 1.82) is 0 Å². The molecule has 0 radical (unpaired) electrons. The molecule has 0 amide bonds. The van der Waals surface area contributed by atoms with E-state index in [4.69, 9.17) is 10.5 Å². The molecule has 3 heteroatoms. The molecule has 94 valence electrons. The van der Waals surface area contributed by atoms with Crippen molar-refractivity contribution in [2.45, 2.75) is 12.8 Å². The van der Waals surface area contributed by atoms with Crippen LogP contribution in [0.1, 0.15) is 12.0 Å². The van der Waals surface area contributed by atoms with Crippen LogP contribution < -0.4 is 5.73 Å². The summed E-state index contributed by atoms with van der Waals surface area (Å²) in [5.74, 6) is 0.723. The summed E-state index contributed by atoms with van der Waals surface area (Å²) in [5, 5.41) is 0. The topological polar surface area (TPSA) is 38.5 Å². The van der Waals surface area contributed by atoms with Crippen LogP contribution in [-0.2, 0) is 11.2 Å². The maximum Gasteiger partial charge on any atom is 0.0507 e. The second kappa shape index (κ2) is 6.03. The zero-order valence-corrected chi connectivity index (χ0v) is 10.6. The van der Waals surface area contributed by atoms with Gasteiger partial charge in [-0.2, -0.15) is 0 Å². The smallest absolute Gasteiger partial charge is 0.0507 e. The summed E-state index contributed by atoms with van der Waals surface area (Å²) in [5.41, 5.74) is 7.94. The molecule has 1 atom stereocenters. The lowest BCUT2D eigenvalue weighted by Crippen LogP contribution is -2.28. The lowest BCUT2D eigenvalue weighted by atomic mass is 10.1. The minimum Gasteiger partial charge on any atom is -0.399 e. The first kappa shape index (κ1) is 12.4. The van der Waals surface area contributed by atoms with Gasteiger partial charge in [0, 0.05) is 25.4 Å². The van der Waals surface area contributed by atoms with E-state index in [1.165, 1.54) is 12.0 Å². The molecule has 0 aromatic heterocycles. The van der Waals surface area contributed by atoms with E-state index in [9.17, 15) is 0 Å². The van der Waals surface area contributed by atoms with Crippen LogP contribution in [0.25, 0.3) is 0 Å². The van der Waals surface area contributed by atoms with E-state index >= 15 is 0 Å². The molecular formula is C14H22N2O. The summed E-state index contributed by atoms with van der Waals surface area (Å²) in [6.07, 6.45) is 2.28. The van der Waals surface area contributed by atoms with Crippen molar-refractivity contribution in [2.75, 3.05) is 39.1 Å². The fraction of sp³-hybridized carbons (Fsp3) is 0.571. The van der Waals surface area contributed by atoms with Gasteiger partial charge in [0.25, 0.3) is 0 Å². The van der Waals surface area contributed by atoms with Gasteiger partial charge in [-0.3, -0.25) is 0 Å². The van der Waals surface area contributed by atoms with E-state index in [0.717, 1.165) is 44.3 Å². The Morgan fingerprint density at radius 1 is 1.47 bits per heavy atom. The quantitative estimate of drug-likeness (QED) is 0.789. The largest absolute Gasteiger partial charge is 0.399 e. The van der Waals surface area contributed by atoms with Crippen molar-refractivity contribution in [3.63, 3.8) is 0 Å². The van der Waals surface area contributed by atoms with Gasteiger partial charge in [-0.05, 0) is 43.5 Å². The Morgan fingerprint density at radius 3 is 3.06 bits per heavy atom. The summed E-state index contributed by atoms with van der Waals surface area (Å²) in [7, 11) is 2.19. The summed E-state index contributed by atoms with van der Waals surface area (Å²) in [4.78, 5) is 2.39. The Balaban J connectivity index is 1.73. The first-order chi connectivity index (χ1) is 8.24. The Labute approximate surface area is 104 Å². The minimum atomic E-state index is 0.723. The molecule has 1 aromatic carbocycles. The average molecular weight is 234 g/mol. The highest BCUT2D eigenvalue weighted by Gasteiger charge is 2.17. The number of nitrogens with two attached hydrogens (primary N) is 1. The van der Waals surface area contributed by atoms with Crippen molar-refractivity contribution < 1.29 is 4.74 Å². The molecular weight excluding hydrogens is 212 g/mol. The summed E-state index contributed by atoms with van der Waals surface area (Å²) >= 11 is 0. The molecule has 1 fully saturated rings. The van der Waals surface area contributed by atoms with Crippen LogP contribution in [0.4, 0.5) is 5.69 Å². The first-order valence-corrected chi connectivity index (χ1v) is 6.35. The predicted molar refractivity (Wildman–Crippen MR) is 71.0 cm³/mol. The van der Waals surface area contributed by atoms with Gasteiger partial charge in [0.1, 0.15) is 0 Å². The third-order valence-corrected chi connectivity index (χ3v) is 3.33. The molecule has 0 spiro atoms. The van der Waals surface area contributed by atoms with Gasteiger partial charge in [-0.15, -0.1) is 0 Å². The minimum absolute atomic E-state index is 0.723. The monoisotopic (exact) mass is 234 g/mol. The molecule has 1 unspecified atom stereocenters.